The van der Waals surface area contributed by atoms with E-state index < -0.39 is 0 Å². The summed E-state index contributed by atoms with van der Waals surface area (Å²) >= 11 is 0. The van der Waals surface area contributed by atoms with Crippen LogP contribution in [0.2, 0.25) is 0 Å². The standard InChI is InChI=1S/C18H20N2O3/c1-20-11-10-19-17(20)16(8-7-14-5-3-2-4-6-14)23-18(21)15-9-12-22-13-15/h2-6,10-11,13,16H,7-9,12H2,1H3/t16-/m0/s1. The number of aromatic nitrogens is 2. The van der Waals surface area contributed by atoms with Gasteiger partial charge in [0.1, 0.15) is 5.82 Å². The van der Waals surface area contributed by atoms with Gasteiger partial charge < -0.3 is 14.0 Å². The molecule has 0 saturated carbocycles. The smallest absolute Gasteiger partial charge is 0.337 e. The average Bonchev–Trinajstić information content (AvgIpc) is 3.24. The molecule has 0 radical (unpaired) electrons. The average molecular weight is 312 g/mol. The van der Waals surface area contributed by atoms with Crippen molar-refractivity contribution in [3.05, 3.63) is 65.9 Å². The minimum Gasteiger partial charge on any atom is -0.500 e. The number of nitrogens with zero attached hydrogens (tertiary/aromatic N) is 2. The Labute approximate surface area is 135 Å². The molecule has 120 valence electrons. The second kappa shape index (κ2) is 7.13. The molecule has 0 fully saturated rings. The van der Waals surface area contributed by atoms with Crippen LogP contribution >= 0.6 is 0 Å². The Kier molecular flexibility index (Phi) is 4.76. The Morgan fingerprint density at radius 1 is 1.39 bits per heavy atom. The molecule has 5 heteroatoms. The number of aryl methyl sites for hydroxylation is 2. The Balaban J connectivity index is 1.71. The van der Waals surface area contributed by atoms with Gasteiger partial charge in [-0.15, -0.1) is 0 Å². The van der Waals surface area contributed by atoms with Crippen LogP contribution in [0.4, 0.5) is 0 Å². The van der Waals surface area contributed by atoms with Gasteiger partial charge in [-0.2, -0.15) is 0 Å². The first-order chi connectivity index (χ1) is 11.2. The largest absolute Gasteiger partial charge is 0.500 e. The summed E-state index contributed by atoms with van der Waals surface area (Å²) in [7, 11) is 1.91. The van der Waals surface area contributed by atoms with Gasteiger partial charge in [0.15, 0.2) is 6.10 Å². The highest BCUT2D eigenvalue weighted by atomic mass is 16.5. The molecule has 0 amide bonds. The second-order valence-electron chi connectivity index (χ2n) is 5.58. The number of hydrogen-bond donors (Lipinski definition) is 0. The molecule has 0 bridgehead atoms. The number of carbonyl (C=O) groups is 1. The fraction of sp³-hybridized carbons (Fsp3) is 0.333. The molecule has 0 saturated heterocycles. The van der Waals surface area contributed by atoms with Gasteiger partial charge in [-0.3, -0.25) is 0 Å². The number of esters is 1. The summed E-state index contributed by atoms with van der Waals surface area (Å²) < 4.78 is 12.7. The van der Waals surface area contributed by atoms with Gasteiger partial charge in [0.05, 0.1) is 18.4 Å². The van der Waals surface area contributed by atoms with E-state index in [1.54, 1.807) is 6.20 Å². The summed E-state index contributed by atoms with van der Waals surface area (Å²) in [4.78, 5) is 16.6. The van der Waals surface area contributed by atoms with Crippen molar-refractivity contribution in [1.29, 1.82) is 0 Å². The summed E-state index contributed by atoms with van der Waals surface area (Å²) in [6, 6.07) is 10.2. The number of benzene rings is 1. The van der Waals surface area contributed by atoms with Crippen molar-refractivity contribution in [1.82, 2.24) is 9.55 Å². The molecule has 1 atom stereocenters. The predicted molar refractivity (Wildman–Crippen MR) is 85.5 cm³/mol. The quantitative estimate of drug-likeness (QED) is 0.770. The molecular formula is C18H20N2O3. The van der Waals surface area contributed by atoms with Crippen molar-refractivity contribution >= 4 is 5.97 Å². The highest BCUT2D eigenvalue weighted by molar-refractivity contribution is 5.88. The molecule has 5 nitrogen and oxygen atoms in total. The van der Waals surface area contributed by atoms with E-state index >= 15 is 0 Å². The molecule has 2 aromatic rings. The molecular weight excluding hydrogens is 292 g/mol. The van der Waals surface area contributed by atoms with Crippen molar-refractivity contribution in [2.75, 3.05) is 6.61 Å². The number of rotatable bonds is 6. The fourth-order valence-electron chi connectivity index (χ4n) is 2.61. The zero-order chi connectivity index (χ0) is 16.1. The van der Waals surface area contributed by atoms with Crippen LogP contribution in [-0.2, 0) is 27.7 Å². The van der Waals surface area contributed by atoms with Crippen LogP contribution in [0, 0.1) is 0 Å². The molecule has 23 heavy (non-hydrogen) atoms. The maximum atomic E-state index is 12.3. The lowest BCUT2D eigenvalue weighted by Gasteiger charge is -2.18. The van der Waals surface area contributed by atoms with Crippen molar-refractivity contribution in [3.63, 3.8) is 0 Å². The topological polar surface area (TPSA) is 53.4 Å². The fourth-order valence-corrected chi connectivity index (χ4v) is 2.61. The van der Waals surface area contributed by atoms with E-state index in [4.69, 9.17) is 9.47 Å². The van der Waals surface area contributed by atoms with Gasteiger partial charge in [0, 0.05) is 25.9 Å². The van der Waals surface area contributed by atoms with E-state index in [1.807, 2.05) is 36.0 Å². The maximum absolute atomic E-state index is 12.3. The SMILES string of the molecule is Cn1ccnc1[C@H](CCc1ccccc1)OC(=O)C1=COCC1. The van der Waals surface area contributed by atoms with Gasteiger partial charge in [-0.25, -0.2) is 9.78 Å². The molecule has 0 N–H and O–H groups in total. The number of ether oxygens (including phenoxy) is 2. The lowest BCUT2D eigenvalue weighted by molar-refractivity contribution is -0.145. The zero-order valence-corrected chi connectivity index (χ0v) is 13.1. The normalized spacial score (nSPS) is 14.9. The highest BCUT2D eigenvalue weighted by Gasteiger charge is 2.24. The third-order valence-corrected chi connectivity index (χ3v) is 3.91. The van der Waals surface area contributed by atoms with Crippen LogP contribution in [-0.4, -0.2) is 22.1 Å². The molecule has 0 unspecified atom stereocenters. The zero-order valence-electron chi connectivity index (χ0n) is 13.1. The first-order valence-corrected chi connectivity index (χ1v) is 7.77. The summed E-state index contributed by atoms with van der Waals surface area (Å²) in [5.41, 5.74) is 1.80. The Morgan fingerprint density at radius 2 is 2.22 bits per heavy atom. The molecule has 1 aromatic heterocycles. The summed E-state index contributed by atoms with van der Waals surface area (Å²) in [6.45, 7) is 0.543. The van der Waals surface area contributed by atoms with Crippen LogP contribution in [0.25, 0.3) is 0 Å². The molecule has 1 aromatic carbocycles. The Bertz CT molecular complexity index is 691. The van der Waals surface area contributed by atoms with E-state index in [-0.39, 0.29) is 12.1 Å². The molecule has 0 aliphatic carbocycles. The van der Waals surface area contributed by atoms with Crippen LogP contribution in [0.15, 0.2) is 54.6 Å². The van der Waals surface area contributed by atoms with Gasteiger partial charge >= 0.3 is 5.97 Å². The molecule has 2 heterocycles. The van der Waals surface area contributed by atoms with Crippen molar-refractivity contribution < 1.29 is 14.3 Å². The minimum atomic E-state index is -0.371. The van der Waals surface area contributed by atoms with Crippen LogP contribution in [0.3, 0.4) is 0 Å². The van der Waals surface area contributed by atoms with Crippen molar-refractivity contribution in [2.24, 2.45) is 7.05 Å². The first kappa shape index (κ1) is 15.3. The van der Waals surface area contributed by atoms with E-state index in [0.29, 0.717) is 25.0 Å². The third kappa shape index (κ3) is 3.80. The predicted octanol–water partition coefficient (Wildman–Crippen LogP) is 2.94. The Morgan fingerprint density at radius 3 is 2.87 bits per heavy atom. The van der Waals surface area contributed by atoms with E-state index in [0.717, 1.165) is 12.2 Å². The monoisotopic (exact) mass is 312 g/mol. The molecule has 1 aliphatic heterocycles. The number of carbonyl (C=O) groups excluding carboxylic acids is 1. The molecule has 1 aliphatic rings. The van der Waals surface area contributed by atoms with Crippen LogP contribution < -0.4 is 0 Å². The van der Waals surface area contributed by atoms with Crippen LogP contribution in [0.1, 0.15) is 30.3 Å². The summed E-state index contributed by atoms with van der Waals surface area (Å²) in [5.74, 6) is 0.442. The van der Waals surface area contributed by atoms with E-state index in [1.165, 1.54) is 11.8 Å². The number of hydrogen-bond acceptors (Lipinski definition) is 4. The van der Waals surface area contributed by atoms with Crippen molar-refractivity contribution in [3.8, 4) is 0 Å². The summed E-state index contributed by atoms with van der Waals surface area (Å²) in [5, 5.41) is 0. The second-order valence-corrected chi connectivity index (χ2v) is 5.58. The molecule has 3 rings (SSSR count). The summed E-state index contributed by atoms with van der Waals surface area (Å²) in [6.07, 6.45) is 6.81. The van der Waals surface area contributed by atoms with Crippen molar-refractivity contribution in [2.45, 2.75) is 25.4 Å². The maximum Gasteiger partial charge on any atom is 0.337 e. The molecule has 0 spiro atoms. The van der Waals surface area contributed by atoms with Gasteiger partial charge in [-0.1, -0.05) is 30.3 Å². The highest BCUT2D eigenvalue weighted by Crippen LogP contribution is 2.24. The van der Waals surface area contributed by atoms with Gasteiger partial charge in [-0.05, 0) is 18.4 Å². The van der Waals surface area contributed by atoms with Gasteiger partial charge in [0.2, 0.25) is 0 Å². The third-order valence-electron chi connectivity index (χ3n) is 3.91. The lowest BCUT2D eigenvalue weighted by Crippen LogP contribution is -2.17. The minimum absolute atomic E-state index is 0.316. The van der Waals surface area contributed by atoms with Crippen LogP contribution in [0.5, 0.6) is 0 Å². The Hall–Kier alpha value is -2.56. The van der Waals surface area contributed by atoms with E-state index in [9.17, 15) is 4.79 Å². The van der Waals surface area contributed by atoms with E-state index in [2.05, 4.69) is 17.1 Å². The van der Waals surface area contributed by atoms with Gasteiger partial charge in [0.25, 0.3) is 0 Å². The lowest BCUT2D eigenvalue weighted by atomic mass is 10.1. The number of imidazole rings is 1. The first-order valence-electron chi connectivity index (χ1n) is 7.77.